The molecule has 0 saturated heterocycles. The number of carbonyl (C=O) groups excluding carboxylic acids is 1. The largest absolute Gasteiger partial charge is 0.463 e. The Kier molecular flexibility index (Phi) is 3.08. The lowest BCUT2D eigenvalue weighted by molar-refractivity contribution is 0.0554. The standard InChI is InChI=1S/C9H12O4/c1-3-6(10)7-4-5-8(13-7)9(11)12-2/h4-6,10H,3H2,1-2H3/t6-/m0/s1. The summed E-state index contributed by atoms with van der Waals surface area (Å²) in [7, 11) is 1.28. The predicted octanol–water partition coefficient (Wildman–Crippen LogP) is 1.51. The van der Waals surface area contributed by atoms with Crippen LogP contribution in [-0.2, 0) is 4.74 Å². The van der Waals surface area contributed by atoms with Crippen molar-refractivity contribution < 1.29 is 19.1 Å². The molecule has 1 rings (SSSR count). The second-order valence-electron chi connectivity index (χ2n) is 2.62. The van der Waals surface area contributed by atoms with Crippen LogP contribution in [0, 0.1) is 0 Å². The maximum absolute atomic E-state index is 10.9. The van der Waals surface area contributed by atoms with Crippen LogP contribution in [0.4, 0.5) is 0 Å². The topological polar surface area (TPSA) is 59.7 Å². The monoisotopic (exact) mass is 184 g/mol. The van der Waals surface area contributed by atoms with Crippen LogP contribution in [0.1, 0.15) is 35.8 Å². The van der Waals surface area contributed by atoms with Crippen LogP contribution in [0.3, 0.4) is 0 Å². The van der Waals surface area contributed by atoms with Crippen molar-refractivity contribution in [3.05, 3.63) is 23.7 Å². The summed E-state index contributed by atoms with van der Waals surface area (Å²) in [4.78, 5) is 10.9. The molecular formula is C9H12O4. The van der Waals surface area contributed by atoms with Crippen LogP contribution in [0.5, 0.6) is 0 Å². The lowest BCUT2D eigenvalue weighted by Crippen LogP contribution is -1.99. The number of methoxy groups -OCH3 is 1. The Morgan fingerprint density at radius 1 is 1.69 bits per heavy atom. The van der Waals surface area contributed by atoms with Gasteiger partial charge in [-0.25, -0.2) is 4.79 Å². The molecule has 1 aromatic rings. The van der Waals surface area contributed by atoms with Crippen molar-refractivity contribution in [3.8, 4) is 0 Å². The van der Waals surface area contributed by atoms with Crippen LogP contribution in [0.2, 0.25) is 0 Å². The molecule has 0 aliphatic rings. The first-order valence-electron chi connectivity index (χ1n) is 4.05. The second-order valence-corrected chi connectivity index (χ2v) is 2.62. The minimum Gasteiger partial charge on any atom is -0.463 e. The number of rotatable bonds is 3. The molecule has 0 saturated carbocycles. The van der Waals surface area contributed by atoms with E-state index in [4.69, 9.17) is 4.42 Å². The van der Waals surface area contributed by atoms with E-state index in [0.717, 1.165) is 0 Å². The molecule has 72 valence electrons. The smallest absolute Gasteiger partial charge is 0.373 e. The maximum Gasteiger partial charge on any atom is 0.373 e. The van der Waals surface area contributed by atoms with Gasteiger partial charge in [-0.05, 0) is 18.6 Å². The van der Waals surface area contributed by atoms with Crippen LogP contribution in [0.15, 0.2) is 16.5 Å². The van der Waals surface area contributed by atoms with Gasteiger partial charge in [0.05, 0.1) is 7.11 Å². The van der Waals surface area contributed by atoms with E-state index in [1.54, 1.807) is 6.07 Å². The molecule has 13 heavy (non-hydrogen) atoms. The lowest BCUT2D eigenvalue weighted by Gasteiger charge is -2.01. The van der Waals surface area contributed by atoms with Crippen molar-refractivity contribution in [2.45, 2.75) is 19.4 Å². The Hall–Kier alpha value is -1.29. The number of hydrogen-bond acceptors (Lipinski definition) is 4. The van der Waals surface area contributed by atoms with Crippen molar-refractivity contribution in [2.24, 2.45) is 0 Å². The first-order chi connectivity index (χ1) is 6.19. The molecule has 0 aliphatic heterocycles. The lowest BCUT2D eigenvalue weighted by atomic mass is 10.2. The summed E-state index contributed by atoms with van der Waals surface area (Å²) in [5.41, 5.74) is 0. The SMILES string of the molecule is CC[C@H](O)c1ccc(C(=O)OC)o1. The highest BCUT2D eigenvalue weighted by Gasteiger charge is 2.14. The Balaban J connectivity index is 2.80. The molecule has 1 heterocycles. The third kappa shape index (κ3) is 2.09. The molecule has 0 aliphatic carbocycles. The zero-order chi connectivity index (χ0) is 9.84. The number of hydrogen-bond donors (Lipinski definition) is 1. The number of ether oxygens (including phenoxy) is 1. The first kappa shape index (κ1) is 9.80. The molecule has 0 unspecified atom stereocenters. The van der Waals surface area contributed by atoms with Gasteiger partial charge in [0.2, 0.25) is 5.76 Å². The van der Waals surface area contributed by atoms with Crippen LogP contribution >= 0.6 is 0 Å². The molecule has 0 aromatic carbocycles. The fraction of sp³-hybridized carbons (Fsp3) is 0.444. The van der Waals surface area contributed by atoms with Crippen molar-refractivity contribution in [1.29, 1.82) is 0 Å². The molecular weight excluding hydrogens is 172 g/mol. The quantitative estimate of drug-likeness (QED) is 0.723. The van der Waals surface area contributed by atoms with E-state index in [-0.39, 0.29) is 5.76 Å². The van der Waals surface area contributed by atoms with Gasteiger partial charge in [0.25, 0.3) is 0 Å². The van der Waals surface area contributed by atoms with Crippen LogP contribution in [0.25, 0.3) is 0 Å². The van der Waals surface area contributed by atoms with E-state index < -0.39 is 12.1 Å². The van der Waals surface area contributed by atoms with Crippen molar-refractivity contribution >= 4 is 5.97 Å². The van der Waals surface area contributed by atoms with E-state index in [2.05, 4.69) is 4.74 Å². The summed E-state index contributed by atoms with van der Waals surface area (Å²) in [6.07, 6.45) is -0.105. The molecule has 0 fully saturated rings. The van der Waals surface area contributed by atoms with Gasteiger partial charge in [-0.15, -0.1) is 0 Å². The van der Waals surface area contributed by atoms with Crippen LogP contribution in [-0.4, -0.2) is 18.2 Å². The summed E-state index contributed by atoms with van der Waals surface area (Å²) in [6.45, 7) is 1.82. The normalized spacial score (nSPS) is 12.5. The van der Waals surface area contributed by atoms with E-state index in [1.165, 1.54) is 13.2 Å². The summed E-state index contributed by atoms with van der Waals surface area (Å²) in [5, 5.41) is 9.35. The Labute approximate surface area is 76.1 Å². The molecule has 0 amide bonds. The number of aliphatic hydroxyl groups is 1. The van der Waals surface area contributed by atoms with Gasteiger partial charge >= 0.3 is 5.97 Å². The first-order valence-corrected chi connectivity index (χ1v) is 4.05. The fourth-order valence-electron chi connectivity index (χ4n) is 0.943. The van der Waals surface area contributed by atoms with Gasteiger partial charge in [0.15, 0.2) is 0 Å². The van der Waals surface area contributed by atoms with E-state index in [9.17, 15) is 9.90 Å². The maximum atomic E-state index is 10.9. The Morgan fingerprint density at radius 2 is 2.38 bits per heavy atom. The molecule has 0 radical (unpaired) electrons. The van der Waals surface area contributed by atoms with E-state index >= 15 is 0 Å². The molecule has 1 N–H and O–H groups in total. The molecule has 4 nitrogen and oxygen atoms in total. The molecule has 0 spiro atoms. The van der Waals surface area contributed by atoms with Gasteiger partial charge in [0.1, 0.15) is 11.9 Å². The highest BCUT2D eigenvalue weighted by atomic mass is 16.5. The number of esters is 1. The fourth-order valence-corrected chi connectivity index (χ4v) is 0.943. The van der Waals surface area contributed by atoms with Crippen molar-refractivity contribution in [1.82, 2.24) is 0 Å². The summed E-state index contributed by atoms with van der Waals surface area (Å²) in [6, 6.07) is 3.06. The highest BCUT2D eigenvalue weighted by Crippen LogP contribution is 2.19. The van der Waals surface area contributed by atoms with E-state index in [1.807, 2.05) is 6.92 Å². The number of aliphatic hydroxyl groups excluding tert-OH is 1. The minimum absolute atomic E-state index is 0.116. The number of carbonyl (C=O) groups is 1. The van der Waals surface area contributed by atoms with Crippen molar-refractivity contribution in [3.63, 3.8) is 0 Å². The van der Waals surface area contributed by atoms with Crippen LogP contribution < -0.4 is 0 Å². The summed E-state index contributed by atoms with van der Waals surface area (Å²) >= 11 is 0. The number of furan rings is 1. The van der Waals surface area contributed by atoms with Gasteiger partial charge in [-0.1, -0.05) is 6.92 Å². The zero-order valence-electron chi connectivity index (χ0n) is 7.61. The molecule has 0 bridgehead atoms. The van der Waals surface area contributed by atoms with Gasteiger partial charge in [-0.3, -0.25) is 0 Å². The minimum atomic E-state index is -0.654. The third-order valence-electron chi connectivity index (χ3n) is 1.73. The van der Waals surface area contributed by atoms with Crippen molar-refractivity contribution in [2.75, 3.05) is 7.11 Å². The molecule has 4 heteroatoms. The summed E-state index contributed by atoms with van der Waals surface area (Å²) < 4.78 is 9.51. The Bertz CT molecular complexity index is 290. The third-order valence-corrected chi connectivity index (χ3v) is 1.73. The zero-order valence-corrected chi connectivity index (χ0v) is 7.61. The average molecular weight is 184 g/mol. The van der Waals surface area contributed by atoms with E-state index in [0.29, 0.717) is 12.2 Å². The molecule has 1 atom stereocenters. The highest BCUT2D eigenvalue weighted by molar-refractivity contribution is 5.86. The van der Waals surface area contributed by atoms with Gasteiger partial charge in [0, 0.05) is 0 Å². The second kappa shape index (κ2) is 4.09. The van der Waals surface area contributed by atoms with Gasteiger partial charge < -0.3 is 14.3 Å². The summed E-state index contributed by atoms with van der Waals surface area (Å²) in [5.74, 6) is -0.0255. The average Bonchev–Trinajstić information content (AvgIpc) is 2.64. The van der Waals surface area contributed by atoms with Gasteiger partial charge in [-0.2, -0.15) is 0 Å². The predicted molar refractivity (Wildman–Crippen MR) is 45.3 cm³/mol. The Morgan fingerprint density at radius 3 is 2.92 bits per heavy atom. The molecule has 1 aromatic heterocycles.